The number of hydrogen-bond acceptors (Lipinski definition) is 3. The van der Waals surface area contributed by atoms with E-state index in [2.05, 4.69) is 75.6 Å². The van der Waals surface area contributed by atoms with Crippen LogP contribution in [0.5, 0.6) is 0 Å². The van der Waals surface area contributed by atoms with Crippen LogP contribution in [0.4, 0.5) is 0 Å². The molecule has 0 aliphatic heterocycles. The molecule has 3 aromatic heterocycles. The Morgan fingerprint density at radius 2 is 1.50 bits per heavy atom. The third-order valence-corrected chi connectivity index (χ3v) is 5.91. The summed E-state index contributed by atoms with van der Waals surface area (Å²) >= 11 is 0. The van der Waals surface area contributed by atoms with Crippen molar-refractivity contribution in [2.24, 2.45) is 0 Å². The molecule has 0 spiro atoms. The van der Waals surface area contributed by atoms with Gasteiger partial charge in [0.2, 0.25) is 0 Å². The van der Waals surface area contributed by atoms with E-state index >= 15 is 0 Å². The van der Waals surface area contributed by atoms with Gasteiger partial charge in [-0.15, -0.1) is 0 Å². The van der Waals surface area contributed by atoms with Crippen LogP contribution in [-0.4, -0.2) is 15.0 Å². The predicted molar refractivity (Wildman–Crippen MR) is 122 cm³/mol. The highest BCUT2D eigenvalue weighted by Crippen LogP contribution is 2.43. The van der Waals surface area contributed by atoms with E-state index in [9.17, 15) is 0 Å². The van der Waals surface area contributed by atoms with Gasteiger partial charge < -0.3 is 9.40 Å². The van der Waals surface area contributed by atoms with Gasteiger partial charge in [-0.3, -0.25) is 0 Å². The van der Waals surface area contributed by atoms with Crippen molar-refractivity contribution in [2.45, 2.75) is 0 Å². The van der Waals surface area contributed by atoms with Gasteiger partial charge >= 0.3 is 0 Å². The normalized spacial score (nSPS) is 12.0. The molecule has 0 aliphatic carbocycles. The first-order chi connectivity index (χ1) is 14.9. The molecule has 7 rings (SSSR count). The van der Waals surface area contributed by atoms with E-state index in [1.54, 1.807) is 12.4 Å². The van der Waals surface area contributed by atoms with Gasteiger partial charge in [0.25, 0.3) is 0 Å². The lowest BCUT2D eigenvalue weighted by Gasteiger charge is -2.04. The van der Waals surface area contributed by atoms with Crippen LogP contribution in [-0.2, 0) is 0 Å². The Hall–Kier alpha value is -4.18. The molecule has 3 heterocycles. The molecule has 0 aliphatic rings. The molecule has 140 valence electrons. The highest BCUT2D eigenvalue weighted by Gasteiger charge is 2.20. The van der Waals surface area contributed by atoms with Crippen molar-refractivity contribution < 1.29 is 4.42 Å². The van der Waals surface area contributed by atoms with Gasteiger partial charge in [0.15, 0.2) is 5.82 Å². The van der Waals surface area contributed by atoms with Crippen molar-refractivity contribution in [1.82, 2.24) is 15.0 Å². The fraction of sp³-hybridized carbons (Fsp3) is 0. The van der Waals surface area contributed by atoms with E-state index in [1.807, 2.05) is 12.1 Å². The topological polar surface area (TPSA) is 54.7 Å². The first kappa shape index (κ1) is 15.7. The molecule has 4 heteroatoms. The Morgan fingerprint density at radius 1 is 0.700 bits per heavy atom. The number of para-hydroxylation sites is 1. The van der Waals surface area contributed by atoms with E-state index < -0.39 is 0 Å². The zero-order chi connectivity index (χ0) is 19.7. The molecular weight excluding hydrogens is 370 g/mol. The number of furan rings is 1. The number of aromatic amines is 1. The molecule has 4 aromatic carbocycles. The van der Waals surface area contributed by atoms with E-state index in [0.29, 0.717) is 5.82 Å². The summed E-state index contributed by atoms with van der Waals surface area (Å²) in [5.41, 5.74) is 4.83. The molecule has 0 saturated heterocycles. The van der Waals surface area contributed by atoms with E-state index in [4.69, 9.17) is 4.42 Å². The monoisotopic (exact) mass is 385 g/mol. The van der Waals surface area contributed by atoms with Crippen LogP contribution in [0.2, 0.25) is 0 Å². The summed E-state index contributed by atoms with van der Waals surface area (Å²) in [7, 11) is 0. The smallest absolute Gasteiger partial charge is 0.161 e. The van der Waals surface area contributed by atoms with Gasteiger partial charge in [-0.25, -0.2) is 9.97 Å². The average Bonchev–Trinajstić information content (AvgIpc) is 3.37. The van der Waals surface area contributed by atoms with Gasteiger partial charge in [0.1, 0.15) is 11.2 Å². The van der Waals surface area contributed by atoms with Crippen molar-refractivity contribution >= 4 is 54.5 Å². The summed E-state index contributed by atoms with van der Waals surface area (Å²) in [6.45, 7) is 0. The first-order valence-corrected chi connectivity index (χ1v) is 9.93. The Balaban J connectivity index is 1.79. The van der Waals surface area contributed by atoms with Gasteiger partial charge in [-0.05, 0) is 35.0 Å². The van der Waals surface area contributed by atoms with Crippen molar-refractivity contribution in [3.8, 4) is 11.4 Å². The Kier molecular flexibility index (Phi) is 2.97. The van der Waals surface area contributed by atoms with Gasteiger partial charge in [0.05, 0.1) is 10.9 Å². The van der Waals surface area contributed by atoms with E-state index in [1.165, 1.54) is 10.8 Å². The lowest BCUT2D eigenvalue weighted by Crippen LogP contribution is -1.88. The summed E-state index contributed by atoms with van der Waals surface area (Å²) in [5.74, 6) is 0.700. The second-order valence-electron chi connectivity index (χ2n) is 7.56. The molecule has 0 bridgehead atoms. The molecule has 7 aromatic rings. The maximum Gasteiger partial charge on any atom is 0.161 e. The van der Waals surface area contributed by atoms with E-state index in [-0.39, 0.29) is 0 Å². The third-order valence-electron chi connectivity index (χ3n) is 5.91. The van der Waals surface area contributed by atoms with Crippen LogP contribution >= 0.6 is 0 Å². The van der Waals surface area contributed by atoms with Crippen molar-refractivity contribution in [3.63, 3.8) is 0 Å². The Labute approximate surface area is 170 Å². The molecular formula is C26H15N3O. The number of hydrogen-bond donors (Lipinski definition) is 1. The van der Waals surface area contributed by atoms with Crippen LogP contribution < -0.4 is 0 Å². The van der Waals surface area contributed by atoms with Crippen LogP contribution in [0.25, 0.3) is 65.9 Å². The Morgan fingerprint density at radius 3 is 2.40 bits per heavy atom. The fourth-order valence-corrected chi connectivity index (χ4v) is 4.63. The summed E-state index contributed by atoms with van der Waals surface area (Å²) in [4.78, 5) is 12.7. The summed E-state index contributed by atoms with van der Waals surface area (Å²) in [6, 6.07) is 25.0. The standard InChI is InChI=1S/C26H15N3O/c1-2-7-16-15(6-1)10-11-21-22(16)18-14-19(26-27-12-5-13-28-26)24-23(25(18)30-21)17-8-3-4-9-20(17)29-24/h1-14,29H. The molecule has 4 nitrogen and oxygen atoms in total. The van der Waals surface area contributed by atoms with E-state index in [0.717, 1.165) is 49.3 Å². The lowest BCUT2D eigenvalue weighted by atomic mass is 10.00. The number of benzene rings is 4. The summed E-state index contributed by atoms with van der Waals surface area (Å²) in [5, 5.41) is 6.82. The molecule has 30 heavy (non-hydrogen) atoms. The molecule has 0 fully saturated rings. The van der Waals surface area contributed by atoms with Gasteiger partial charge in [0, 0.05) is 39.6 Å². The molecule has 1 N–H and O–H groups in total. The van der Waals surface area contributed by atoms with Crippen LogP contribution in [0.15, 0.2) is 89.6 Å². The summed E-state index contributed by atoms with van der Waals surface area (Å²) < 4.78 is 6.47. The number of rotatable bonds is 1. The van der Waals surface area contributed by atoms with Crippen LogP contribution in [0.3, 0.4) is 0 Å². The zero-order valence-electron chi connectivity index (χ0n) is 15.9. The average molecular weight is 385 g/mol. The number of H-pyrrole nitrogens is 1. The molecule has 0 saturated carbocycles. The second kappa shape index (κ2) is 5.67. The highest BCUT2D eigenvalue weighted by molar-refractivity contribution is 6.29. The highest BCUT2D eigenvalue weighted by atomic mass is 16.3. The van der Waals surface area contributed by atoms with Crippen molar-refractivity contribution in [3.05, 3.63) is 85.2 Å². The lowest BCUT2D eigenvalue weighted by molar-refractivity contribution is 0.673. The van der Waals surface area contributed by atoms with Gasteiger partial charge in [-0.1, -0.05) is 48.5 Å². The minimum Gasteiger partial charge on any atom is -0.455 e. The number of aromatic nitrogens is 3. The van der Waals surface area contributed by atoms with Crippen molar-refractivity contribution in [1.29, 1.82) is 0 Å². The molecule has 0 unspecified atom stereocenters. The van der Waals surface area contributed by atoms with Crippen LogP contribution in [0, 0.1) is 0 Å². The third kappa shape index (κ3) is 2.00. The number of nitrogens with one attached hydrogen (secondary N) is 1. The zero-order valence-corrected chi connectivity index (χ0v) is 15.9. The summed E-state index contributed by atoms with van der Waals surface area (Å²) in [6.07, 6.45) is 3.56. The minimum atomic E-state index is 0.700. The fourth-order valence-electron chi connectivity index (χ4n) is 4.63. The maximum absolute atomic E-state index is 6.47. The minimum absolute atomic E-state index is 0.700. The second-order valence-corrected chi connectivity index (χ2v) is 7.56. The molecule has 0 amide bonds. The predicted octanol–water partition coefficient (Wildman–Crippen LogP) is 6.83. The van der Waals surface area contributed by atoms with Crippen molar-refractivity contribution in [2.75, 3.05) is 0 Å². The quantitative estimate of drug-likeness (QED) is 0.337. The Bertz CT molecular complexity index is 1740. The largest absolute Gasteiger partial charge is 0.455 e. The number of nitrogens with zero attached hydrogens (tertiary/aromatic N) is 2. The number of fused-ring (bicyclic) bond motifs is 9. The van der Waals surface area contributed by atoms with Crippen LogP contribution in [0.1, 0.15) is 0 Å². The SMILES string of the molecule is c1cnc(-c2cc3c(oc4ccc5ccccc5c43)c3c2[nH]c2ccccc23)nc1. The molecule has 0 radical (unpaired) electrons. The first-order valence-electron chi connectivity index (χ1n) is 9.93. The maximum atomic E-state index is 6.47. The molecule has 0 atom stereocenters. The van der Waals surface area contributed by atoms with Gasteiger partial charge in [-0.2, -0.15) is 0 Å².